The van der Waals surface area contributed by atoms with Crippen LogP contribution in [0.4, 0.5) is 5.69 Å². The van der Waals surface area contributed by atoms with Crippen molar-refractivity contribution in [1.82, 2.24) is 25.0 Å². The molecule has 1 amide bonds. The fourth-order valence-electron chi connectivity index (χ4n) is 3.34. The number of carbonyl (C=O) groups excluding carboxylic acids is 1. The molecule has 0 bridgehead atoms. The molecule has 9 heteroatoms. The van der Waals surface area contributed by atoms with Gasteiger partial charge in [0, 0.05) is 35.8 Å². The minimum atomic E-state index is -0.255. The summed E-state index contributed by atoms with van der Waals surface area (Å²) in [7, 11) is 0. The van der Waals surface area contributed by atoms with E-state index in [9.17, 15) is 4.79 Å². The zero-order valence-corrected chi connectivity index (χ0v) is 15.4. The number of amides is 1. The summed E-state index contributed by atoms with van der Waals surface area (Å²) in [5, 5.41) is 25.3. The van der Waals surface area contributed by atoms with Crippen LogP contribution in [0.5, 0.6) is 0 Å². The van der Waals surface area contributed by atoms with Gasteiger partial charge in [-0.15, -0.1) is 11.3 Å². The van der Waals surface area contributed by atoms with Crippen LogP contribution in [0.2, 0.25) is 0 Å². The van der Waals surface area contributed by atoms with Crippen LogP contribution in [0.15, 0.2) is 30.2 Å². The Morgan fingerprint density at radius 2 is 2.22 bits per heavy atom. The Labute approximate surface area is 160 Å². The second-order valence-electron chi connectivity index (χ2n) is 6.78. The molecular formula is C18H19N7OS. The number of aromatic nitrogens is 5. The summed E-state index contributed by atoms with van der Waals surface area (Å²) < 4.78 is 1.87. The molecule has 0 aromatic carbocycles. The average Bonchev–Trinajstić information content (AvgIpc) is 3.44. The van der Waals surface area contributed by atoms with Crippen molar-refractivity contribution in [2.75, 3.05) is 5.32 Å². The topological polar surface area (TPSA) is 112 Å². The fraction of sp³-hybridized carbons (Fsp3) is 0.389. The van der Waals surface area contributed by atoms with Gasteiger partial charge in [0.2, 0.25) is 0 Å². The minimum absolute atomic E-state index is 0.207. The maximum Gasteiger partial charge on any atom is 0.275 e. The molecule has 3 aromatic heterocycles. The van der Waals surface area contributed by atoms with Gasteiger partial charge in [0.1, 0.15) is 10.7 Å². The SMILES string of the molecule is N#CC1CCC(Cn2cc(NC(=O)c3csc(-c4cn[nH]c4)n3)cn2)CC1. The minimum Gasteiger partial charge on any atom is -0.318 e. The molecule has 1 aliphatic carbocycles. The van der Waals surface area contributed by atoms with Gasteiger partial charge in [-0.3, -0.25) is 14.6 Å². The average molecular weight is 381 g/mol. The van der Waals surface area contributed by atoms with Gasteiger partial charge in [-0.1, -0.05) is 0 Å². The normalized spacial score (nSPS) is 19.5. The van der Waals surface area contributed by atoms with Crippen molar-refractivity contribution < 1.29 is 4.79 Å². The highest BCUT2D eigenvalue weighted by Gasteiger charge is 2.21. The molecule has 2 N–H and O–H groups in total. The lowest BCUT2D eigenvalue weighted by Gasteiger charge is -2.24. The number of rotatable bonds is 5. The van der Waals surface area contributed by atoms with Crippen LogP contribution in [0.25, 0.3) is 10.6 Å². The van der Waals surface area contributed by atoms with E-state index in [0.717, 1.165) is 42.8 Å². The number of hydrogen-bond acceptors (Lipinski definition) is 6. The summed E-state index contributed by atoms with van der Waals surface area (Å²) in [4.78, 5) is 16.8. The maximum atomic E-state index is 12.4. The Balaban J connectivity index is 1.34. The summed E-state index contributed by atoms with van der Waals surface area (Å²) >= 11 is 1.40. The summed E-state index contributed by atoms with van der Waals surface area (Å²) in [6, 6.07) is 2.36. The van der Waals surface area contributed by atoms with Crippen molar-refractivity contribution in [3.63, 3.8) is 0 Å². The molecule has 3 heterocycles. The molecule has 0 atom stereocenters. The molecule has 1 saturated carbocycles. The third-order valence-corrected chi connectivity index (χ3v) is 5.74. The quantitative estimate of drug-likeness (QED) is 0.704. The van der Waals surface area contributed by atoms with Crippen LogP contribution in [-0.4, -0.2) is 30.9 Å². The molecule has 138 valence electrons. The summed E-state index contributed by atoms with van der Waals surface area (Å²) in [6.07, 6.45) is 11.0. The van der Waals surface area contributed by atoms with E-state index in [0.29, 0.717) is 17.3 Å². The van der Waals surface area contributed by atoms with E-state index in [1.165, 1.54) is 11.3 Å². The first kappa shape index (κ1) is 17.4. The molecule has 1 fully saturated rings. The lowest BCUT2D eigenvalue weighted by atomic mass is 9.83. The van der Waals surface area contributed by atoms with Crippen molar-refractivity contribution in [1.29, 1.82) is 5.26 Å². The number of aromatic amines is 1. The maximum absolute atomic E-state index is 12.4. The molecular weight excluding hydrogens is 362 g/mol. The second-order valence-corrected chi connectivity index (χ2v) is 7.63. The number of anilines is 1. The molecule has 0 saturated heterocycles. The fourth-order valence-corrected chi connectivity index (χ4v) is 4.12. The molecule has 8 nitrogen and oxygen atoms in total. The highest BCUT2D eigenvalue weighted by Crippen LogP contribution is 2.29. The highest BCUT2D eigenvalue weighted by atomic mass is 32.1. The monoisotopic (exact) mass is 381 g/mol. The van der Waals surface area contributed by atoms with E-state index in [1.54, 1.807) is 24.0 Å². The van der Waals surface area contributed by atoms with Crippen LogP contribution in [-0.2, 0) is 6.54 Å². The van der Waals surface area contributed by atoms with E-state index in [4.69, 9.17) is 5.26 Å². The van der Waals surface area contributed by atoms with Crippen LogP contribution < -0.4 is 5.32 Å². The van der Waals surface area contributed by atoms with E-state index in [-0.39, 0.29) is 11.8 Å². The molecule has 1 aliphatic rings. The van der Waals surface area contributed by atoms with Crippen LogP contribution in [0.3, 0.4) is 0 Å². The van der Waals surface area contributed by atoms with E-state index in [2.05, 4.69) is 31.7 Å². The summed E-state index contributed by atoms with van der Waals surface area (Å²) in [5.74, 6) is 0.489. The molecule has 3 aromatic rings. The van der Waals surface area contributed by atoms with Gasteiger partial charge in [0.25, 0.3) is 5.91 Å². The van der Waals surface area contributed by atoms with Gasteiger partial charge in [-0.25, -0.2) is 4.98 Å². The standard InChI is InChI=1S/C18H19N7OS/c19-5-12-1-3-13(4-2-12)9-25-10-15(8-22-25)23-17(26)16-11-27-18(24-16)14-6-20-21-7-14/h6-8,10-13H,1-4,9H2,(H,20,21)(H,23,26). The van der Waals surface area contributed by atoms with Crippen molar-refractivity contribution in [3.8, 4) is 16.6 Å². The Morgan fingerprint density at radius 1 is 1.37 bits per heavy atom. The van der Waals surface area contributed by atoms with E-state index < -0.39 is 0 Å². The predicted molar refractivity (Wildman–Crippen MR) is 101 cm³/mol. The molecule has 27 heavy (non-hydrogen) atoms. The summed E-state index contributed by atoms with van der Waals surface area (Å²) in [5.41, 5.74) is 1.89. The number of nitrogens with zero attached hydrogens (tertiary/aromatic N) is 5. The van der Waals surface area contributed by atoms with Crippen molar-refractivity contribution in [2.24, 2.45) is 11.8 Å². The Kier molecular flexibility index (Phi) is 4.98. The summed E-state index contributed by atoms with van der Waals surface area (Å²) in [6.45, 7) is 0.815. The Hall–Kier alpha value is -2.99. The first-order chi connectivity index (χ1) is 13.2. The number of H-pyrrole nitrogens is 1. The van der Waals surface area contributed by atoms with Crippen molar-refractivity contribution in [2.45, 2.75) is 32.2 Å². The predicted octanol–water partition coefficient (Wildman–Crippen LogP) is 3.31. The van der Waals surface area contributed by atoms with Crippen LogP contribution >= 0.6 is 11.3 Å². The molecule has 0 radical (unpaired) electrons. The second kappa shape index (κ2) is 7.72. The largest absolute Gasteiger partial charge is 0.318 e. The number of nitriles is 1. The zero-order chi connectivity index (χ0) is 18.6. The van der Waals surface area contributed by atoms with E-state index in [1.807, 2.05) is 10.9 Å². The van der Waals surface area contributed by atoms with Crippen LogP contribution in [0.1, 0.15) is 36.2 Å². The van der Waals surface area contributed by atoms with Gasteiger partial charge in [0.05, 0.1) is 24.2 Å². The Morgan fingerprint density at radius 3 is 2.96 bits per heavy atom. The van der Waals surface area contributed by atoms with Gasteiger partial charge in [0.15, 0.2) is 0 Å². The smallest absolute Gasteiger partial charge is 0.275 e. The lowest BCUT2D eigenvalue weighted by molar-refractivity contribution is 0.102. The molecule has 0 aliphatic heterocycles. The number of carbonyl (C=O) groups is 1. The molecule has 0 unspecified atom stereocenters. The third kappa shape index (κ3) is 4.06. The van der Waals surface area contributed by atoms with Crippen molar-refractivity contribution in [3.05, 3.63) is 35.9 Å². The lowest BCUT2D eigenvalue weighted by Crippen LogP contribution is -2.18. The zero-order valence-electron chi connectivity index (χ0n) is 14.6. The van der Waals surface area contributed by atoms with Gasteiger partial charge in [-0.05, 0) is 31.6 Å². The van der Waals surface area contributed by atoms with Gasteiger partial charge in [-0.2, -0.15) is 15.5 Å². The van der Waals surface area contributed by atoms with E-state index >= 15 is 0 Å². The first-order valence-corrected chi connectivity index (χ1v) is 9.77. The highest BCUT2D eigenvalue weighted by molar-refractivity contribution is 7.13. The number of thiazole rings is 1. The first-order valence-electron chi connectivity index (χ1n) is 8.89. The number of nitrogens with one attached hydrogen (secondary N) is 2. The third-order valence-electron chi connectivity index (χ3n) is 4.85. The number of hydrogen-bond donors (Lipinski definition) is 2. The molecule has 0 spiro atoms. The molecule has 4 rings (SSSR count). The Bertz CT molecular complexity index is 945. The van der Waals surface area contributed by atoms with Crippen molar-refractivity contribution >= 4 is 22.9 Å². The van der Waals surface area contributed by atoms with Gasteiger partial charge >= 0.3 is 0 Å². The van der Waals surface area contributed by atoms with Gasteiger partial charge < -0.3 is 5.32 Å². The van der Waals surface area contributed by atoms with Crippen LogP contribution in [0, 0.1) is 23.2 Å².